The molecule has 0 unspecified atom stereocenters. The SMILES string of the molecule is CCc1cc(Nc2nccn3c(-c4cn(CC#N)nc4C(F)(F)F)cnc23)ccc1C(=O)NCC(=O)NCC1CNC1.O=CO. The van der Waals surface area contributed by atoms with Crippen LogP contribution in [-0.4, -0.2) is 73.7 Å². The van der Waals surface area contributed by atoms with Gasteiger partial charge in [-0.3, -0.25) is 23.5 Å². The molecule has 0 atom stereocenters. The smallest absolute Gasteiger partial charge is 0.435 e. The van der Waals surface area contributed by atoms with Crippen molar-refractivity contribution in [3.05, 3.63) is 59.8 Å². The lowest BCUT2D eigenvalue weighted by Gasteiger charge is -2.27. The molecule has 1 fully saturated rings. The van der Waals surface area contributed by atoms with Crippen molar-refractivity contribution in [2.75, 3.05) is 31.5 Å². The number of amides is 2. The minimum atomic E-state index is -4.74. The molecule has 0 bridgehead atoms. The van der Waals surface area contributed by atoms with Crippen LogP contribution in [0.15, 0.2) is 43.0 Å². The average molecular weight is 627 g/mol. The van der Waals surface area contributed by atoms with Crippen LogP contribution in [0, 0.1) is 17.2 Å². The summed E-state index contributed by atoms with van der Waals surface area (Å²) in [7, 11) is 0. The lowest BCUT2D eigenvalue weighted by atomic mass is 10.0. The maximum Gasteiger partial charge on any atom is 0.435 e. The molecule has 17 heteroatoms. The molecule has 0 radical (unpaired) electrons. The number of aromatic nitrogens is 5. The fourth-order valence-corrected chi connectivity index (χ4v) is 4.57. The quantitative estimate of drug-likeness (QED) is 0.163. The maximum absolute atomic E-state index is 13.7. The predicted molar refractivity (Wildman–Crippen MR) is 154 cm³/mol. The van der Waals surface area contributed by atoms with Crippen LogP contribution < -0.4 is 21.3 Å². The highest BCUT2D eigenvalue weighted by Crippen LogP contribution is 2.37. The summed E-state index contributed by atoms with van der Waals surface area (Å²) in [5.74, 6) is 0.0504. The van der Waals surface area contributed by atoms with Gasteiger partial charge in [-0.15, -0.1) is 0 Å². The fourth-order valence-electron chi connectivity index (χ4n) is 4.57. The first-order valence-electron chi connectivity index (χ1n) is 13.7. The molecule has 0 aliphatic carbocycles. The Kier molecular flexibility index (Phi) is 10.3. The first-order valence-corrected chi connectivity index (χ1v) is 13.7. The number of aryl methyl sites for hydroxylation is 1. The van der Waals surface area contributed by atoms with E-state index in [9.17, 15) is 22.8 Å². The molecule has 3 aromatic heterocycles. The van der Waals surface area contributed by atoms with Crippen molar-refractivity contribution in [2.45, 2.75) is 26.1 Å². The van der Waals surface area contributed by atoms with Crippen molar-refractivity contribution in [3.63, 3.8) is 0 Å². The van der Waals surface area contributed by atoms with E-state index in [1.54, 1.807) is 24.3 Å². The summed E-state index contributed by atoms with van der Waals surface area (Å²) in [6.07, 6.45) is 1.14. The van der Waals surface area contributed by atoms with Gasteiger partial charge in [-0.05, 0) is 30.2 Å². The van der Waals surface area contributed by atoms with Gasteiger partial charge in [0.15, 0.2) is 17.2 Å². The van der Waals surface area contributed by atoms with Gasteiger partial charge in [-0.2, -0.15) is 23.5 Å². The molecule has 1 aliphatic heterocycles. The van der Waals surface area contributed by atoms with Gasteiger partial charge in [0.05, 0.1) is 30.1 Å². The Hall–Kier alpha value is -5.50. The number of hydrogen-bond donors (Lipinski definition) is 5. The summed E-state index contributed by atoms with van der Waals surface area (Å²) in [6.45, 7) is 3.46. The molecule has 4 aromatic rings. The summed E-state index contributed by atoms with van der Waals surface area (Å²) in [4.78, 5) is 41.9. The van der Waals surface area contributed by atoms with Gasteiger partial charge in [-0.1, -0.05) is 6.92 Å². The molecular formula is C28H29F3N10O4. The van der Waals surface area contributed by atoms with Crippen LogP contribution in [0.2, 0.25) is 0 Å². The molecule has 1 aliphatic rings. The van der Waals surface area contributed by atoms with Crippen LogP contribution >= 0.6 is 0 Å². The minimum Gasteiger partial charge on any atom is -0.483 e. The van der Waals surface area contributed by atoms with E-state index in [4.69, 9.17) is 15.2 Å². The van der Waals surface area contributed by atoms with Gasteiger partial charge in [0.25, 0.3) is 12.4 Å². The van der Waals surface area contributed by atoms with Gasteiger partial charge < -0.3 is 26.4 Å². The number of hydrogen-bond acceptors (Lipinski definition) is 9. The third kappa shape index (κ3) is 7.72. The van der Waals surface area contributed by atoms with Gasteiger partial charge in [0.2, 0.25) is 5.91 Å². The number of carbonyl (C=O) groups excluding carboxylic acids is 2. The number of halogens is 3. The Bertz CT molecular complexity index is 1720. The number of nitrogens with one attached hydrogen (secondary N) is 4. The second-order valence-corrected chi connectivity index (χ2v) is 9.82. The van der Waals surface area contributed by atoms with Crippen LogP contribution in [0.3, 0.4) is 0 Å². The molecule has 14 nitrogen and oxygen atoms in total. The zero-order valence-corrected chi connectivity index (χ0v) is 23.9. The largest absolute Gasteiger partial charge is 0.483 e. The fraction of sp³-hybridized carbons (Fsp3) is 0.321. The van der Waals surface area contributed by atoms with Crippen LogP contribution in [0.4, 0.5) is 24.7 Å². The van der Waals surface area contributed by atoms with E-state index in [0.29, 0.717) is 35.7 Å². The number of nitriles is 1. The molecular weight excluding hydrogens is 597 g/mol. The second-order valence-electron chi connectivity index (χ2n) is 9.82. The van der Waals surface area contributed by atoms with Crippen molar-refractivity contribution >= 4 is 35.4 Å². The van der Waals surface area contributed by atoms with Gasteiger partial charge in [-0.25, -0.2) is 9.97 Å². The van der Waals surface area contributed by atoms with E-state index in [1.807, 2.05) is 6.92 Å². The zero-order chi connectivity index (χ0) is 32.6. The number of benzene rings is 1. The average Bonchev–Trinajstić information content (AvgIpc) is 3.61. The number of fused-ring (bicyclic) bond motifs is 1. The Balaban J connectivity index is 0.00000148. The van der Waals surface area contributed by atoms with Gasteiger partial charge in [0, 0.05) is 55.4 Å². The van der Waals surface area contributed by atoms with E-state index in [0.717, 1.165) is 24.0 Å². The molecule has 5 N–H and O–H groups in total. The number of alkyl halides is 3. The highest BCUT2D eigenvalue weighted by Gasteiger charge is 2.38. The first kappa shape index (κ1) is 32.4. The molecule has 0 spiro atoms. The van der Waals surface area contributed by atoms with Crippen molar-refractivity contribution in [2.24, 2.45) is 5.92 Å². The molecule has 2 amide bonds. The summed E-state index contributed by atoms with van der Waals surface area (Å²) in [5, 5.41) is 31.1. The lowest BCUT2D eigenvalue weighted by Crippen LogP contribution is -2.49. The maximum atomic E-state index is 13.7. The van der Waals surface area contributed by atoms with Crippen molar-refractivity contribution < 1.29 is 32.7 Å². The summed E-state index contributed by atoms with van der Waals surface area (Å²) >= 11 is 0. The number of carboxylic acid groups (broad SMARTS) is 1. The highest BCUT2D eigenvalue weighted by molar-refractivity contribution is 5.98. The third-order valence-corrected chi connectivity index (χ3v) is 6.82. The van der Waals surface area contributed by atoms with Gasteiger partial charge >= 0.3 is 6.18 Å². The van der Waals surface area contributed by atoms with E-state index in [1.165, 1.54) is 23.0 Å². The summed E-state index contributed by atoms with van der Waals surface area (Å²) < 4.78 is 43.6. The Morgan fingerprint density at radius 1 is 1.24 bits per heavy atom. The molecule has 4 heterocycles. The summed E-state index contributed by atoms with van der Waals surface area (Å²) in [5.41, 5.74) is 0.758. The predicted octanol–water partition coefficient (Wildman–Crippen LogP) is 2.21. The topological polar surface area (TPSA) is 191 Å². The Labute approximate surface area is 254 Å². The minimum absolute atomic E-state index is 0.127. The van der Waals surface area contributed by atoms with Crippen LogP contribution in [0.1, 0.15) is 28.5 Å². The molecule has 5 rings (SSSR count). The summed E-state index contributed by atoms with van der Waals surface area (Å²) in [6, 6.07) is 6.85. The van der Waals surface area contributed by atoms with Crippen molar-refractivity contribution in [1.29, 1.82) is 5.26 Å². The molecule has 45 heavy (non-hydrogen) atoms. The van der Waals surface area contributed by atoms with Crippen LogP contribution in [0.5, 0.6) is 0 Å². The zero-order valence-electron chi connectivity index (χ0n) is 23.9. The van der Waals surface area contributed by atoms with Gasteiger partial charge in [0.1, 0.15) is 6.54 Å². The molecule has 236 valence electrons. The molecule has 1 aromatic carbocycles. The van der Waals surface area contributed by atoms with E-state index in [2.05, 4.69) is 36.3 Å². The van der Waals surface area contributed by atoms with Crippen molar-refractivity contribution in [1.82, 2.24) is 40.1 Å². The number of nitrogens with zero attached hydrogens (tertiary/aromatic N) is 6. The third-order valence-electron chi connectivity index (χ3n) is 6.82. The van der Waals surface area contributed by atoms with Crippen LogP contribution in [-0.2, 0) is 28.7 Å². The first-order chi connectivity index (χ1) is 21.6. The van der Waals surface area contributed by atoms with Crippen molar-refractivity contribution in [3.8, 4) is 17.3 Å². The van der Waals surface area contributed by atoms with E-state index < -0.39 is 11.9 Å². The Morgan fingerprint density at radius 3 is 2.64 bits per heavy atom. The number of rotatable bonds is 10. The lowest BCUT2D eigenvalue weighted by molar-refractivity contribution is -0.141. The van der Waals surface area contributed by atoms with E-state index in [-0.39, 0.29) is 54.1 Å². The molecule has 0 saturated carbocycles. The van der Waals surface area contributed by atoms with E-state index >= 15 is 0 Å². The van der Waals surface area contributed by atoms with Crippen LogP contribution in [0.25, 0.3) is 16.9 Å². The standard InChI is InChI=1S/C27H27F3N10O2.CH2O2/c1-2-17-9-18(3-4-19(17)26(42)36-14-22(41)34-12-16-10-32-11-16)37-24-25-35-13-21(40(25)8-6-33-24)20-15-39(7-5-31)38-23(20)27(28,29)30;2-1-3/h3-4,6,8-9,13,15-16,32H,2,7,10-12,14H2,1H3,(H,33,37)(H,34,41)(H,36,42);1H,(H,2,3). The Morgan fingerprint density at radius 2 is 2.00 bits per heavy atom. The highest BCUT2D eigenvalue weighted by atomic mass is 19.4. The number of anilines is 2. The molecule has 1 saturated heterocycles. The monoisotopic (exact) mass is 626 g/mol. The number of imidazole rings is 1. The number of carbonyl (C=O) groups is 3. The second kappa shape index (κ2) is 14.3. The normalized spacial score (nSPS) is 12.8.